The second-order valence-corrected chi connectivity index (χ2v) is 5.10. The fraction of sp³-hybridized carbons (Fsp3) is 0.263. The Morgan fingerprint density at radius 3 is 1.96 bits per heavy atom. The Morgan fingerprint density at radius 1 is 0.913 bits per heavy atom. The summed E-state index contributed by atoms with van der Waals surface area (Å²) in [5, 5.41) is 10.7. The first-order chi connectivity index (χ1) is 11.0. The minimum Gasteiger partial charge on any atom is -0.493 e. The molecular weight excluding hydrogens is 292 g/mol. The van der Waals surface area contributed by atoms with Crippen LogP contribution in [0.1, 0.15) is 18.1 Å². The van der Waals surface area contributed by atoms with Gasteiger partial charge in [-0.3, -0.25) is 0 Å². The van der Waals surface area contributed by atoms with Crippen LogP contribution in [-0.4, -0.2) is 26.4 Å². The van der Waals surface area contributed by atoms with Crippen LogP contribution in [-0.2, 0) is 5.60 Å². The number of hydrogen-bond donors (Lipinski definition) is 1. The molecule has 0 unspecified atom stereocenters. The van der Waals surface area contributed by atoms with Crippen molar-refractivity contribution < 1.29 is 19.3 Å². The third kappa shape index (κ3) is 3.77. The lowest BCUT2D eigenvalue weighted by atomic mass is 9.95. The largest absolute Gasteiger partial charge is 0.493 e. The zero-order valence-corrected chi connectivity index (χ0v) is 13.7. The summed E-state index contributed by atoms with van der Waals surface area (Å²) >= 11 is 0. The average Bonchev–Trinajstić information content (AvgIpc) is 2.59. The Balaban J connectivity index is 2.45. The molecule has 120 valence electrons. The molecule has 1 N–H and O–H groups in total. The highest BCUT2D eigenvalue weighted by Crippen LogP contribution is 2.40. The van der Waals surface area contributed by atoms with Crippen molar-refractivity contribution in [3.05, 3.63) is 53.6 Å². The Morgan fingerprint density at radius 2 is 1.48 bits per heavy atom. The number of ether oxygens (including phenoxy) is 3. The summed E-state index contributed by atoms with van der Waals surface area (Å²) in [6, 6.07) is 12.9. The molecule has 2 rings (SSSR count). The highest BCUT2D eigenvalue weighted by Gasteiger charge is 2.25. The molecule has 1 atom stereocenters. The van der Waals surface area contributed by atoms with Gasteiger partial charge in [0, 0.05) is 11.1 Å². The topological polar surface area (TPSA) is 47.9 Å². The molecule has 2 aromatic rings. The first-order valence-corrected chi connectivity index (χ1v) is 7.13. The van der Waals surface area contributed by atoms with E-state index in [-0.39, 0.29) is 0 Å². The average molecular weight is 312 g/mol. The van der Waals surface area contributed by atoms with Crippen molar-refractivity contribution in [1.29, 1.82) is 0 Å². The van der Waals surface area contributed by atoms with E-state index < -0.39 is 5.60 Å². The minimum absolute atomic E-state index is 0.476. The fourth-order valence-electron chi connectivity index (χ4n) is 2.15. The number of methoxy groups -OCH3 is 3. The lowest BCUT2D eigenvalue weighted by Crippen LogP contribution is -2.19. The smallest absolute Gasteiger partial charge is 0.203 e. The van der Waals surface area contributed by atoms with Gasteiger partial charge in [-0.1, -0.05) is 30.0 Å². The van der Waals surface area contributed by atoms with Crippen LogP contribution in [0.5, 0.6) is 17.2 Å². The quantitative estimate of drug-likeness (QED) is 0.882. The highest BCUT2D eigenvalue weighted by atomic mass is 16.5. The normalized spacial score (nSPS) is 12.6. The summed E-state index contributed by atoms with van der Waals surface area (Å²) < 4.78 is 15.9. The van der Waals surface area contributed by atoms with Crippen LogP contribution in [0.3, 0.4) is 0 Å². The van der Waals surface area contributed by atoms with Crippen molar-refractivity contribution in [3.63, 3.8) is 0 Å². The molecule has 0 radical (unpaired) electrons. The fourth-order valence-corrected chi connectivity index (χ4v) is 2.15. The van der Waals surface area contributed by atoms with Gasteiger partial charge in [-0.05, 0) is 31.2 Å². The molecule has 23 heavy (non-hydrogen) atoms. The van der Waals surface area contributed by atoms with Gasteiger partial charge in [0.1, 0.15) is 5.60 Å². The Kier molecular flexibility index (Phi) is 5.15. The first kappa shape index (κ1) is 16.7. The Labute approximate surface area is 136 Å². The van der Waals surface area contributed by atoms with E-state index >= 15 is 0 Å². The van der Waals surface area contributed by atoms with E-state index in [4.69, 9.17) is 14.2 Å². The van der Waals surface area contributed by atoms with Gasteiger partial charge in [0.2, 0.25) is 5.75 Å². The van der Waals surface area contributed by atoms with Crippen molar-refractivity contribution >= 4 is 0 Å². The van der Waals surface area contributed by atoms with E-state index in [1.165, 1.54) is 21.3 Å². The van der Waals surface area contributed by atoms with Gasteiger partial charge in [-0.25, -0.2) is 0 Å². The van der Waals surface area contributed by atoms with Crippen LogP contribution in [0.15, 0.2) is 42.5 Å². The van der Waals surface area contributed by atoms with Crippen molar-refractivity contribution in [2.24, 2.45) is 0 Å². The Hall–Kier alpha value is -2.64. The molecule has 0 heterocycles. The van der Waals surface area contributed by atoms with Crippen LogP contribution in [0.4, 0.5) is 0 Å². The third-order valence-electron chi connectivity index (χ3n) is 3.45. The van der Waals surface area contributed by atoms with Gasteiger partial charge >= 0.3 is 0 Å². The van der Waals surface area contributed by atoms with Crippen LogP contribution in [0.25, 0.3) is 0 Å². The molecule has 0 amide bonds. The predicted octanol–water partition coefficient (Wildman–Crippen LogP) is 2.97. The zero-order chi connectivity index (χ0) is 16.9. The first-order valence-electron chi connectivity index (χ1n) is 7.13. The lowest BCUT2D eigenvalue weighted by molar-refractivity contribution is 0.121. The molecule has 4 nitrogen and oxygen atoms in total. The summed E-state index contributed by atoms with van der Waals surface area (Å²) in [5.41, 5.74) is 0.0403. The zero-order valence-electron chi connectivity index (χ0n) is 13.7. The van der Waals surface area contributed by atoms with E-state index in [1.54, 1.807) is 19.1 Å². The molecule has 0 aromatic heterocycles. The Bertz CT molecular complexity index is 699. The summed E-state index contributed by atoms with van der Waals surface area (Å²) in [4.78, 5) is 0. The molecule has 0 aliphatic heterocycles. The van der Waals surface area contributed by atoms with Crippen LogP contribution >= 0.6 is 0 Å². The van der Waals surface area contributed by atoms with Crippen LogP contribution < -0.4 is 14.2 Å². The van der Waals surface area contributed by atoms with Gasteiger partial charge < -0.3 is 19.3 Å². The molecule has 0 saturated carbocycles. The molecule has 2 aromatic carbocycles. The van der Waals surface area contributed by atoms with E-state index in [1.807, 2.05) is 30.3 Å². The van der Waals surface area contributed by atoms with Crippen molar-refractivity contribution in [3.8, 4) is 29.1 Å². The number of aliphatic hydroxyl groups is 1. The summed E-state index contributed by atoms with van der Waals surface area (Å²) in [7, 11) is 4.60. The minimum atomic E-state index is -1.36. The van der Waals surface area contributed by atoms with Crippen molar-refractivity contribution in [2.75, 3.05) is 21.3 Å². The maximum absolute atomic E-state index is 10.7. The van der Waals surface area contributed by atoms with Gasteiger partial charge in [-0.15, -0.1) is 0 Å². The van der Waals surface area contributed by atoms with E-state index in [9.17, 15) is 5.11 Å². The van der Waals surface area contributed by atoms with Crippen LogP contribution in [0, 0.1) is 11.8 Å². The predicted molar refractivity (Wildman–Crippen MR) is 89.0 cm³/mol. The monoisotopic (exact) mass is 312 g/mol. The van der Waals surface area contributed by atoms with Crippen molar-refractivity contribution in [2.45, 2.75) is 12.5 Å². The van der Waals surface area contributed by atoms with E-state index in [0.717, 1.165) is 5.56 Å². The molecule has 0 saturated heterocycles. The van der Waals surface area contributed by atoms with E-state index in [2.05, 4.69) is 11.8 Å². The molecule has 0 fully saturated rings. The second kappa shape index (κ2) is 7.08. The molecule has 0 aliphatic rings. The number of rotatable bonds is 4. The van der Waals surface area contributed by atoms with Gasteiger partial charge in [0.05, 0.1) is 21.3 Å². The van der Waals surface area contributed by atoms with Gasteiger partial charge in [0.15, 0.2) is 11.5 Å². The molecule has 0 bridgehead atoms. The van der Waals surface area contributed by atoms with Crippen molar-refractivity contribution in [1.82, 2.24) is 0 Å². The molecule has 0 aliphatic carbocycles. The number of benzene rings is 2. The van der Waals surface area contributed by atoms with E-state index in [0.29, 0.717) is 22.8 Å². The van der Waals surface area contributed by atoms with Gasteiger partial charge in [-0.2, -0.15) is 0 Å². The molecular formula is C19H20O4. The molecule has 4 heteroatoms. The standard InChI is InChI=1S/C19H20O4/c1-19(20,11-10-14-8-6-5-7-9-14)15-12-16(21-2)18(23-4)17(13-15)22-3/h5-9,12-13,20H,1-4H3/t19-/m0/s1. The SMILES string of the molecule is COc1cc([C@@](C)(O)C#Cc2ccccc2)cc(OC)c1OC. The summed E-state index contributed by atoms with van der Waals surface area (Å²) in [5.74, 6) is 7.29. The summed E-state index contributed by atoms with van der Waals surface area (Å²) in [6.45, 7) is 1.63. The highest BCUT2D eigenvalue weighted by molar-refractivity contribution is 5.56. The maximum Gasteiger partial charge on any atom is 0.203 e. The maximum atomic E-state index is 10.7. The summed E-state index contributed by atoms with van der Waals surface area (Å²) in [6.07, 6.45) is 0. The third-order valence-corrected chi connectivity index (χ3v) is 3.45. The molecule has 0 spiro atoms. The van der Waals surface area contributed by atoms with Gasteiger partial charge in [0.25, 0.3) is 0 Å². The lowest BCUT2D eigenvalue weighted by Gasteiger charge is -2.20. The number of hydrogen-bond acceptors (Lipinski definition) is 4. The second-order valence-electron chi connectivity index (χ2n) is 5.10. The van der Waals surface area contributed by atoms with Crippen LogP contribution in [0.2, 0.25) is 0 Å².